The van der Waals surface area contributed by atoms with Crippen molar-refractivity contribution in [1.82, 2.24) is 20.0 Å². The maximum Gasteiger partial charge on any atom is 0.240 e. The highest BCUT2D eigenvalue weighted by Gasteiger charge is 2.53. The van der Waals surface area contributed by atoms with Gasteiger partial charge in [0, 0.05) is 40.2 Å². The van der Waals surface area contributed by atoms with E-state index in [0.29, 0.717) is 31.7 Å². The summed E-state index contributed by atoms with van der Waals surface area (Å²) in [5.74, 6) is -0.748. The highest BCUT2D eigenvalue weighted by atomic mass is 16.5. The van der Waals surface area contributed by atoms with Gasteiger partial charge in [-0.05, 0) is 24.5 Å². The number of nitrogens with one attached hydrogen (secondary N) is 1. The van der Waals surface area contributed by atoms with Crippen LogP contribution in [0.1, 0.15) is 49.6 Å². The smallest absolute Gasteiger partial charge is 0.240 e. The number of aryl methyl sites for hydroxylation is 1. The summed E-state index contributed by atoms with van der Waals surface area (Å²) < 4.78 is 5.06. The third-order valence-corrected chi connectivity index (χ3v) is 5.94. The monoisotopic (exact) mass is 440 g/mol. The zero-order chi connectivity index (χ0) is 23.1. The molecule has 3 amide bonds. The van der Waals surface area contributed by atoms with Crippen molar-refractivity contribution in [3.8, 4) is 0 Å². The van der Waals surface area contributed by atoms with E-state index in [9.17, 15) is 14.4 Å². The molecule has 1 aromatic heterocycles. The predicted molar refractivity (Wildman–Crippen MR) is 120 cm³/mol. The van der Waals surface area contributed by atoms with Crippen LogP contribution in [0.3, 0.4) is 0 Å². The molecular weight excluding hydrogens is 408 g/mol. The third-order valence-electron chi connectivity index (χ3n) is 5.94. The Morgan fingerprint density at radius 1 is 1.28 bits per heavy atom. The molecule has 1 atom stereocenters. The number of carbonyl (C=O) groups is 3. The average molecular weight is 441 g/mol. The summed E-state index contributed by atoms with van der Waals surface area (Å²) in [5.41, 5.74) is 1.32. The van der Waals surface area contributed by atoms with Gasteiger partial charge in [-0.3, -0.25) is 24.4 Å². The molecule has 1 fully saturated rings. The van der Waals surface area contributed by atoms with Crippen molar-refractivity contribution >= 4 is 17.7 Å². The summed E-state index contributed by atoms with van der Waals surface area (Å²) in [4.78, 5) is 42.4. The Balaban J connectivity index is 1.80. The van der Waals surface area contributed by atoms with E-state index in [1.54, 1.807) is 19.1 Å². The molecule has 0 bridgehead atoms. The van der Waals surface area contributed by atoms with Crippen molar-refractivity contribution in [3.63, 3.8) is 0 Å². The Hall–Kier alpha value is -3.00. The fourth-order valence-electron chi connectivity index (χ4n) is 4.23. The molecule has 0 aliphatic carbocycles. The lowest BCUT2D eigenvalue weighted by atomic mass is 9.75. The Morgan fingerprint density at radius 3 is 2.72 bits per heavy atom. The topological polar surface area (TPSA) is 95.6 Å². The summed E-state index contributed by atoms with van der Waals surface area (Å²) in [6.07, 6.45) is 2.37. The van der Waals surface area contributed by atoms with Crippen LogP contribution in [-0.4, -0.2) is 65.0 Å². The minimum Gasteiger partial charge on any atom is -0.385 e. The van der Waals surface area contributed by atoms with Gasteiger partial charge in [0.15, 0.2) is 0 Å². The molecule has 0 spiro atoms. The lowest BCUT2D eigenvalue weighted by Gasteiger charge is -2.29. The molecule has 2 aromatic rings. The molecule has 2 heterocycles. The first-order valence-electron chi connectivity index (χ1n) is 11.1. The van der Waals surface area contributed by atoms with Crippen LogP contribution in [-0.2, 0) is 37.5 Å². The van der Waals surface area contributed by atoms with Gasteiger partial charge in [0.25, 0.3) is 0 Å². The first kappa shape index (κ1) is 23.7. The number of hydrogen-bond acceptors (Lipinski definition) is 5. The first-order chi connectivity index (χ1) is 15.4. The number of H-pyrrole nitrogens is 1. The van der Waals surface area contributed by atoms with Crippen LogP contribution in [0.25, 0.3) is 0 Å². The second-order valence-corrected chi connectivity index (χ2v) is 8.38. The summed E-state index contributed by atoms with van der Waals surface area (Å²) in [5, 5.41) is 7.25. The number of amides is 3. The van der Waals surface area contributed by atoms with Crippen molar-refractivity contribution in [3.05, 3.63) is 53.3 Å². The van der Waals surface area contributed by atoms with Gasteiger partial charge in [-0.15, -0.1) is 0 Å². The van der Waals surface area contributed by atoms with Gasteiger partial charge in [-0.25, -0.2) is 0 Å². The SMILES string of the molecule is CCCc1cc(CN(C)C(=O)C[C@@]2(c3ccccc3)CC(=O)N(CCCOC)C2=O)[nH]n1. The Bertz CT molecular complexity index is 942. The van der Waals surface area contributed by atoms with E-state index < -0.39 is 5.41 Å². The van der Waals surface area contributed by atoms with E-state index in [-0.39, 0.29) is 30.6 Å². The summed E-state index contributed by atoms with van der Waals surface area (Å²) >= 11 is 0. The van der Waals surface area contributed by atoms with Crippen LogP contribution in [0, 0.1) is 0 Å². The zero-order valence-electron chi connectivity index (χ0n) is 19.1. The molecule has 1 aliphatic heterocycles. The maximum atomic E-state index is 13.5. The minimum atomic E-state index is -1.18. The molecule has 1 saturated heterocycles. The summed E-state index contributed by atoms with van der Waals surface area (Å²) in [7, 11) is 3.29. The number of nitrogens with zero attached hydrogens (tertiary/aromatic N) is 3. The molecule has 0 unspecified atom stereocenters. The van der Waals surface area contributed by atoms with E-state index in [0.717, 1.165) is 24.2 Å². The molecule has 172 valence electrons. The van der Waals surface area contributed by atoms with E-state index >= 15 is 0 Å². The molecule has 32 heavy (non-hydrogen) atoms. The molecule has 3 rings (SSSR count). The van der Waals surface area contributed by atoms with Gasteiger partial charge in [0.05, 0.1) is 23.3 Å². The summed E-state index contributed by atoms with van der Waals surface area (Å²) in [6.45, 7) is 3.20. The quantitative estimate of drug-likeness (QED) is 0.428. The van der Waals surface area contributed by atoms with Crippen molar-refractivity contribution < 1.29 is 19.1 Å². The van der Waals surface area contributed by atoms with Crippen molar-refractivity contribution in [2.45, 2.75) is 51.0 Å². The molecular formula is C24H32N4O4. The number of carbonyl (C=O) groups excluding carboxylic acids is 3. The van der Waals surface area contributed by atoms with E-state index in [1.165, 1.54) is 4.90 Å². The normalized spacial score (nSPS) is 18.4. The van der Waals surface area contributed by atoms with Crippen LogP contribution in [0.2, 0.25) is 0 Å². The van der Waals surface area contributed by atoms with Gasteiger partial charge in [0.1, 0.15) is 0 Å². The van der Waals surface area contributed by atoms with Gasteiger partial charge in [-0.2, -0.15) is 5.10 Å². The third kappa shape index (κ3) is 5.07. The second-order valence-electron chi connectivity index (χ2n) is 8.38. The van der Waals surface area contributed by atoms with Gasteiger partial charge in [-0.1, -0.05) is 43.7 Å². The van der Waals surface area contributed by atoms with E-state index in [1.807, 2.05) is 36.4 Å². The molecule has 8 heteroatoms. The average Bonchev–Trinajstić information content (AvgIpc) is 3.32. The van der Waals surface area contributed by atoms with Crippen molar-refractivity contribution in [1.29, 1.82) is 0 Å². The molecule has 8 nitrogen and oxygen atoms in total. The molecule has 0 radical (unpaired) electrons. The highest BCUT2D eigenvalue weighted by molar-refractivity contribution is 6.10. The second kappa shape index (κ2) is 10.5. The molecule has 0 saturated carbocycles. The molecule has 1 aliphatic rings. The predicted octanol–water partition coefficient (Wildman–Crippen LogP) is 2.44. The van der Waals surface area contributed by atoms with Crippen molar-refractivity contribution in [2.75, 3.05) is 27.3 Å². The number of rotatable bonds is 11. The van der Waals surface area contributed by atoms with Gasteiger partial charge in [0.2, 0.25) is 17.7 Å². The fraction of sp³-hybridized carbons (Fsp3) is 0.500. The highest BCUT2D eigenvalue weighted by Crippen LogP contribution is 2.40. The number of ether oxygens (including phenoxy) is 1. The molecule has 1 N–H and O–H groups in total. The number of methoxy groups -OCH3 is 1. The molecule has 1 aromatic carbocycles. The summed E-state index contributed by atoms with van der Waals surface area (Å²) in [6, 6.07) is 11.1. The van der Waals surface area contributed by atoms with Gasteiger partial charge >= 0.3 is 0 Å². The standard InChI is InChI=1S/C24H32N4O4/c1-4-9-19-14-20(26-25-19)17-27(2)21(29)15-24(18-10-6-5-7-11-18)16-22(30)28(23(24)31)12-8-13-32-3/h5-7,10-11,14H,4,8-9,12-13,15-17H2,1-3H3,(H,25,26)/t24-/m0/s1. The Kier molecular flexibility index (Phi) is 7.80. The zero-order valence-corrected chi connectivity index (χ0v) is 19.1. The van der Waals surface area contributed by atoms with Crippen molar-refractivity contribution in [2.24, 2.45) is 0 Å². The number of imide groups is 1. The van der Waals surface area contributed by atoms with Crippen LogP contribution < -0.4 is 0 Å². The van der Waals surface area contributed by atoms with Crippen LogP contribution in [0.15, 0.2) is 36.4 Å². The number of aromatic amines is 1. The minimum absolute atomic E-state index is 0.00683. The Morgan fingerprint density at radius 2 is 2.03 bits per heavy atom. The number of hydrogen-bond donors (Lipinski definition) is 1. The van der Waals surface area contributed by atoms with Gasteiger partial charge < -0.3 is 9.64 Å². The fourth-order valence-corrected chi connectivity index (χ4v) is 4.23. The van der Waals surface area contributed by atoms with E-state index in [2.05, 4.69) is 17.1 Å². The van der Waals surface area contributed by atoms with E-state index in [4.69, 9.17) is 4.74 Å². The van der Waals surface area contributed by atoms with Crippen LogP contribution >= 0.6 is 0 Å². The lowest BCUT2D eigenvalue weighted by molar-refractivity contribution is -0.142. The number of benzene rings is 1. The van der Waals surface area contributed by atoms with Crippen LogP contribution in [0.5, 0.6) is 0 Å². The lowest BCUT2D eigenvalue weighted by Crippen LogP contribution is -2.43. The first-order valence-corrected chi connectivity index (χ1v) is 11.1. The number of aromatic nitrogens is 2. The number of likely N-dealkylation sites (tertiary alicyclic amines) is 1. The Labute approximate surface area is 188 Å². The largest absolute Gasteiger partial charge is 0.385 e. The maximum absolute atomic E-state index is 13.5. The van der Waals surface area contributed by atoms with Crippen LogP contribution in [0.4, 0.5) is 0 Å².